The van der Waals surface area contributed by atoms with Crippen molar-refractivity contribution < 1.29 is 9.90 Å². The summed E-state index contributed by atoms with van der Waals surface area (Å²) >= 11 is 15.1. The Morgan fingerprint density at radius 1 is 1.21 bits per heavy atom. The summed E-state index contributed by atoms with van der Waals surface area (Å²) in [4.78, 5) is 22.5. The molecular weight excluding hydrogens is 449 g/mol. The normalized spacial score (nSPS) is 13.4. The van der Waals surface area contributed by atoms with Crippen molar-refractivity contribution in [3.8, 4) is 0 Å². The summed E-state index contributed by atoms with van der Waals surface area (Å²) in [5.41, 5.74) is 2.35. The number of thiophene rings is 1. The predicted octanol–water partition coefficient (Wildman–Crippen LogP) is 4.47. The van der Waals surface area contributed by atoms with Crippen molar-refractivity contribution in [2.45, 2.75) is 38.0 Å². The van der Waals surface area contributed by atoms with Gasteiger partial charge in [0.1, 0.15) is 16.5 Å². The molecule has 3 aromatic rings. The smallest absolute Gasteiger partial charge is 0.142 e. The SMILES string of the molecule is O=C([O-])CSCc1nc(NCc2ccc(Cl)c(Cl)c2)c2c3c(sc2n1)CCCC3. The number of nitrogens with zero attached hydrogens (tertiary/aromatic N) is 2. The van der Waals surface area contributed by atoms with Crippen molar-refractivity contribution in [1.29, 1.82) is 0 Å². The lowest BCUT2D eigenvalue weighted by Crippen LogP contribution is -2.24. The van der Waals surface area contributed by atoms with Gasteiger partial charge in [-0.15, -0.1) is 23.1 Å². The molecule has 0 saturated heterocycles. The number of fused-ring (bicyclic) bond motifs is 3. The Labute approximate surface area is 186 Å². The summed E-state index contributed by atoms with van der Waals surface area (Å²) in [6, 6.07) is 5.55. The lowest BCUT2D eigenvalue weighted by Gasteiger charge is -2.14. The number of aromatic nitrogens is 2. The molecule has 0 unspecified atom stereocenters. The zero-order valence-corrected chi connectivity index (χ0v) is 18.6. The van der Waals surface area contributed by atoms with Gasteiger partial charge in [-0.2, -0.15) is 0 Å². The molecule has 5 nitrogen and oxygen atoms in total. The van der Waals surface area contributed by atoms with Crippen LogP contribution in [0.25, 0.3) is 10.2 Å². The highest BCUT2D eigenvalue weighted by molar-refractivity contribution is 7.99. The van der Waals surface area contributed by atoms with E-state index >= 15 is 0 Å². The number of carboxylic acids is 1. The van der Waals surface area contributed by atoms with Gasteiger partial charge in [-0.3, -0.25) is 0 Å². The number of benzene rings is 1. The summed E-state index contributed by atoms with van der Waals surface area (Å²) in [5, 5.41) is 16.3. The first-order valence-corrected chi connectivity index (χ1v) is 12.0. The first kappa shape index (κ1) is 20.7. The fourth-order valence-corrected chi connectivity index (χ4v) is 5.64. The summed E-state index contributed by atoms with van der Waals surface area (Å²) < 4.78 is 0. The Morgan fingerprint density at radius 2 is 2.03 bits per heavy atom. The van der Waals surface area contributed by atoms with Crippen molar-refractivity contribution in [3.05, 3.63) is 50.1 Å². The van der Waals surface area contributed by atoms with Gasteiger partial charge in [-0.1, -0.05) is 29.3 Å². The molecule has 1 aromatic carbocycles. The van der Waals surface area contributed by atoms with Gasteiger partial charge in [0, 0.05) is 17.2 Å². The van der Waals surface area contributed by atoms with E-state index in [1.165, 1.54) is 35.0 Å². The van der Waals surface area contributed by atoms with Crippen LogP contribution in [0, 0.1) is 0 Å². The van der Waals surface area contributed by atoms with E-state index in [2.05, 4.69) is 5.32 Å². The molecule has 0 bridgehead atoms. The highest BCUT2D eigenvalue weighted by Crippen LogP contribution is 2.39. The largest absolute Gasteiger partial charge is 0.549 e. The molecule has 0 amide bonds. The molecule has 1 aliphatic rings. The Morgan fingerprint density at radius 3 is 2.83 bits per heavy atom. The van der Waals surface area contributed by atoms with Gasteiger partial charge in [0.15, 0.2) is 0 Å². The maximum atomic E-state index is 10.7. The molecule has 152 valence electrons. The van der Waals surface area contributed by atoms with E-state index in [1.54, 1.807) is 17.4 Å². The number of carbonyl (C=O) groups excluding carboxylic acids is 1. The number of halogens is 2. The minimum atomic E-state index is -1.08. The number of thioether (sulfide) groups is 1. The number of carboxylic acid groups (broad SMARTS) is 1. The van der Waals surface area contributed by atoms with Crippen molar-refractivity contribution in [1.82, 2.24) is 9.97 Å². The molecule has 0 fully saturated rings. The third kappa shape index (κ3) is 4.79. The number of aliphatic carboxylic acids is 1. The molecule has 0 atom stereocenters. The molecule has 1 aliphatic carbocycles. The highest BCUT2D eigenvalue weighted by Gasteiger charge is 2.21. The molecule has 0 aliphatic heterocycles. The van der Waals surface area contributed by atoms with Crippen molar-refractivity contribution in [3.63, 3.8) is 0 Å². The van der Waals surface area contributed by atoms with Crippen LogP contribution in [0.5, 0.6) is 0 Å². The molecule has 0 radical (unpaired) electrons. The van der Waals surface area contributed by atoms with Gasteiger partial charge in [-0.25, -0.2) is 9.97 Å². The van der Waals surface area contributed by atoms with E-state index in [0.29, 0.717) is 28.2 Å². The summed E-state index contributed by atoms with van der Waals surface area (Å²) in [7, 11) is 0. The standard InChI is InChI=1S/C20H19Cl2N3O2S2/c21-13-6-5-11(7-14(13)22)8-23-19-18-12-3-1-2-4-15(12)29-20(18)25-16(24-19)9-28-10-17(26)27/h5-7H,1-4,8-10H2,(H,26,27)(H,23,24,25)/p-1. The van der Waals surface area contributed by atoms with E-state index in [1.807, 2.05) is 12.1 Å². The molecule has 2 aromatic heterocycles. The van der Waals surface area contributed by atoms with Crippen LogP contribution in [0.3, 0.4) is 0 Å². The number of anilines is 1. The van der Waals surface area contributed by atoms with E-state index in [-0.39, 0.29) is 5.75 Å². The molecule has 29 heavy (non-hydrogen) atoms. The zero-order chi connectivity index (χ0) is 20.4. The van der Waals surface area contributed by atoms with Crippen LogP contribution in [-0.4, -0.2) is 21.7 Å². The molecule has 2 heterocycles. The van der Waals surface area contributed by atoms with Crippen LogP contribution in [0.1, 0.15) is 34.7 Å². The number of hydrogen-bond acceptors (Lipinski definition) is 7. The van der Waals surface area contributed by atoms with Crippen LogP contribution in [0.4, 0.5) is 5.82 Å². The number of nitrogens with one attached hydrogen (secondary N) is 1. The molecule has 0 spiro atoms. The number of carbonyl (C=O) groups is 1. The Hall–Kier alpha value is -1.54. The third-order valence-corrected chi connectivity index (χ3v) is 7.58. The monoisotopic (exact) mass is 466 g/mol. The maximum absolute atomic E-state index is 10.7. The van der Waals surface area contributed by atoms with E-state index in [0.717, 1.165) is 34.4 Å². The number of rotatable bonds is 7. The van der Waals surface area contributed by atoms with E-state index in [9.17, 15) is 9.90 Å². The van der Waals surface area contributed by atoms with Gasteiger partial charge < -0.3 is 15.2 Å². The summed E-state index contributed by atoms with van der Waals surface area (Å²) in [5.74, 6) is 0.687. The maximum Gasteiger partial charge on any atom is 0.142 e. The minimum Gasteiger partial charge on any atom is -0.549 e. The van der Waals surface area contributed by atoms with Gasteiger partial charge in [0.25, 0.3) is 0 Å². The second-order valence-electron chi connectivity index (χ2n) is 6.85. The summed E-state index contributed by atoms with van der Waals surface area (Å²) in [6.07, 6.45) is 4.50. The van der Waals surface area contributed by atoms with Crippen molar-refractivity contribution >= 4 is 68.3 Å². The number of aryl methyl sites for hydroxylation is 2. The fourth-order valence-electron chi connectivity index (χ4n) is 3.46. The van der Waals surface area contributed by atoms with Crippen LogP contribution in [0.15, 0.2) is 18.2 Å². The molecule has 9 heteroatoms. The Bertz CT molecular complexity index is 1070. The Balaban J connectivity index is 1.65. The zero-order valence-electron chi connectivity index (χ0n) is 15.5. The lowest BCUT2D eigenvalue weighted by atomic mass is 9.97. The quantitative estimate of drug-likeness (QED) is 0.553. The summed E-state index contributed by atoms with van der Waals surface area (Å²) in [6.45, 7) is 0.555. The Kier molecular flexibility index (Phi) is 6.49. The third-order valence-electron chi connectivity index (χ3n) is 4.76. The molecule has 0 saturated carbocycles. The molecule has 4 rings (SSSR count). The van der Waals surface area contributed by atoms with Gasteiger partial charge >= 0.3 is 0 Å². The van der Waals surface area contributed by atoms with E-state index < -0.39 is 5.97 Å². The average Bonchev–Trinajstić information content (AvgIpc) is 3.07. The first-order valence-electron chi connectivity index (χ1n) is 9.28. The number of hydrogen-bond donors (Lipinski definition) is 1. The van der Waals surface area contributed by atoms with Crippen LogP contribution in [0.2, 0.25) is 10.0 Å². The van der Waals surface area contributed by atoms with Gasteiger partial charge in [0.05, 0.1) is 27.2 Å². The topological polar surface area (TPSA) is 77.9 Å². The van der Waals surface area contributed by atoms with Gasteiger partial charge in [-0.05, 0) is 48.9 Å². The van der Waals surface area contributed by atoms with Crippen molar-refractivity contribution in [2.75, 3.05) is 11.1 Å². The second kappa shape index (κ2) is 9.08. The average molecular weight is 467 g/mol. The second-order valence-corrected chi connectivity index (χ2v) is 9.73. The van der Waals surface area contributed by atoms with E-state index in [4.69, 9.17) is 33.2 Å². The van der Waals surface area contributed by atoms with Crippen LogP contribution < -0.4 is 10.4 Å². The first-order chi connectivity index (χ1) is 14.0. The predicted molar refractivity (Wildman–Crippen MR) is 119 cm³/mol. The van der Waals surface area contributed by atoms with Crippen molar-refractivity contribution in [2.24, 2.45) is 0 Å². The fraction of sp³-hybridized carbons (Fsp3) is 0.350. The lowest BCUT2D eigenvalue weighted by molar-refractivity contribution is -0.301. The van der Waals surface area contributed by atoms with Crippen LogP contribution >= 0.6 is 46.3 Å². The molecular formula is C20H18Cl2N3O2S2-. The minimum absolute atomic E-state index is 0.0750. The van der Waals surface area contributed by atoms with Gasteiger partial charge in [0.2, 0.25) is 0 Å². The molecule has 1 N–H and O–H groups in total. The van der Waals surface area contributed by atoms with Crippen LogP contribution in [-0.2, 0) is 29.9 Å². The highest BCUT2D eigenvalue weighted by atomic mass is 35.5.